The van der Waals surface area contributed by atoms with Gasteiger partial charge in [0.15, 0.2) is 0 Å². The summed E-state index contributed by atoms with van der Waals surface area (Å²) in [5.74, 6) is 0.687. The molecule has 1 N–H and O–H groups in total. The molecule has 0 radical (unpaired) electrons. The van der Waals surface area contributed by atoms with E-state index in [0.29, 0.717) is 24.2 Å². The number of hydrogen-bond donors (Lipinski definition) is 1. The van der Waals surface area contributed by atoms with E-state index in [1.54, 1.807) is 0 Å². The lowest BCUT2D eigenvalue weighted by atomic mass is 9.95. The van der Waals surface area contributed by atoms with Gasteiger partial charge in [0.1, 0.15) is 0 Å². The van der Waals surface area contributed by atoms with Gasteiger partial charge in [-0.1, -0.05) is 13.8 Å². The first-order chi connectivity index (χ1) is 9.22. The van der Waals surface area contributed by atoms with Crippen molar-refractivity contribution in [2.75, 3.05) is 39.8 Å². The Bertz CT molecular complexity index is 263. The molecule has 2 rings (SSSR count). The highest BCUT2D eigenvalue weighted by molar-refractivity contribution is 4.83. The maximum Gasteiger partial charge on any atom is 0.0724 e. The summed E-state index contributed by atoms with van der Waals surface area (Å²) in [6.07, 6.45) is 4.90. The number of hydrogen-bond acceptors (Lipinski definition) is 4. The monoisotopic (exact) mass is 270 g/mol. The summed E-state index contributed by atoms with van der Waals surface area (Å²) in [5, 5.41) is 3.38. The summed E-state index contributed by atoms with van der Waals surface area (Å²) in [6.45, 7) is 9.81. The van der Waals surface area contributed by atoms with Crippen LogP contribution in [-0.4, -0.2) is 63.0 Å². The molecule has 0 saturated carbocycles. The summed E-state index contributed by atoms with van der Waals surface area (Å²) in [4.78, 5) is 2.52. The molecule has 2 fully saturated rings. The minimum absolute atomic E-state index is 0.396. The third kappa shape index (κ3) is 4.42. The molecule has 2 aliphatic rings. The summed E-state index contributed by atoms with van der Waals surface area (Å²) in [7, 11) is 1.84. The Labute approximate surface area is 117 Å². The summed E-state index contributed by atoms with van der Waals surface area (Å²) in [6, 6.07) is 0. The van der Waals surface area contributed by atoms with E-state index in [2.05, 4.69) is 24.1 Å². The molecule has 2 saturated heterocycles. The van der Waals surface area contributed by atoms with Crippen molar-refractivity contribution in [3.05, 3.63) is 0 Å². The molecule has 0 aromatic heterocycles. The zero-order chi connectivity index (χ0) is 13.7. The maximum atomic E-state index is 6.12. The van der Waals surface area contributed by atoms with Crippen LogP contribution in [0, 0.1) is 5.92 Å². The molecule has 0 spiro atoms. The van der Waals surface area contributed by atoms with Gasteiger partial charge in [-0.2, -0.15) is 0 Å². The lowest BCUT2D eigenvalue weighted by Crippen LogP contribution is -2.46. The molecule has 0 bridgehead atoms. The normalized spacial score (nSPS) is 36.8. The predicted molar refractivity (Wildman–Crippen MR) is 77.5 cm³/mol. The molecule has 4 unspecified atom stereocenters. The van der Waals surface area contributed by atoms with Crippen LogP contribution in [-0.2, 0) is 9.47 Å². The number of likely N-dealkylation sites (N-methyl/N-ethyl adjacent to an activating group) is 1. The Morgan fingerprint density at radius 1 is 1.26 bits per heavy atom. The molecule has 2 heterocycles. The summed E-state index contributed by atoms with van der Waals surface area (Å²) in [5.41, 5.74) is 0. The molecule has 4 heteroatoms. The second kappa shape index (κ2) is 7.58. The molecule has 0 aromatic carbocycles. The number of ether oxygens (including phenoxy) is 2. The van der Waals surface area contributed by atoms with Gasteiger partial charge < -0.3 is 14.8 Å². The fourth-order valence-electron chi connectivity index (χ4n) is 3.23. The first-order valence-corrected chi connectivity index (χ1v) is 7.84. The maximum absolute atomic E-state index is 6.12. The van der Waals surface area contributed by atoms with Crippen molar-refractivity contribution in [2.24, 2.45) is 5.92 Å². The second-order valence-corrected chi connectivity index (χ2v) is 6.06. The van der Waals surface area contributed by atoms with Crippen LogP contribution in [0.15, 0.2) is 0 Å². The summed E-state index contributed by atoms with van der Waals surface area (Å²) >= 11 is 0. The molecule has 4 atom stereocenters. The van der Waals surface area contributed by atoms with Crippen LogP contribution in [0.3, 0.4) is 0 Å². The lowest BCUT2D eigenvalue weighted by molar-refractivity contribution is -0.0301. The molecule has 2 aliphatic heterocycles. The van der Waals surface area contributed by atoms with Gasteiger partial charge in [-0.3, -0.25) is 4.90 Å². The quantitative estimate of drug-likeness (QED) is 0.793. The zero-order valence-electron chi connectivity index (χ0n) is 12.7. The fourth-order valence-corrected chi connectivity index (χ4v) is 3.23. The van der Waals surface area contributed by atoms with Gasteiger partial charge in [0, 0.05) is 26.7 Å². The topological polar surface area (TPSA) is 33.7 Å². The molecule has 4 nitrogen and oxygen atoms in total. The van der Waals surface area contributed by atoms with Crippen LogP contribution in [0.25, 0.3) is 0 Å². The van der Waals surface area contributed by atoms with Gasteiger partial charge in [0.05, 0.1) is 18.3 Å². The average Bonchev–Trinajstić information content (AvgIpc) is 2.86. The van der Waals surface area contributed by atoms with E-state index in [1.807, 2.05) is 7.11 Å². The largest absolute Gasteiger partial charge is 0.380 e. The van der Waals surface area contributed by atoms with E-state index >= 15 is 0 Å². The molecule has 112 valence electrons. The number of nitrogens with zero attached hydrogens (tertiary/aromatic N) is 1. The Morgan fingerprint density at radius 3 is 2.79 bits per heavy atom. The fraction of sp³-hybridized carbons (Fsp3) is 1.00. The molecule has 0 aromatic rings. The third-order valence-corrected chi connectivity index (χ3v) is 4.56. The summed E-state index contributed by atoms with van der Waals surface area (Å²) < 4.78 is 11.7. The molecule has 0 amide bonds. The van der Waals surface area contributed by atoms with Crippen LogP contribution < -0.4 is 5.32 Å². The second-order valence-electron chi connectivity index (χ2n) is 6.06. The van der Waals surface area contributed by atoms with Crippen LogP contribution in [0.5, 0.6) is 0 Å². The van der Waals surface area contributed by atoms with Crippen molar-refractivity contribution in [3.63, 3.8) is 0 Å². The van der Waals surface area contributed by atoms with Crippen molar-refractivity contribution < 1.29 is 9.47 Å². The minimum atomic E-state index is 0.396. The number of nitrogens with one attached hydrogen (secondary N) is 1. The minimum Gasteiger partial charge on any atom is -0.380 e. The van der Waals surface area contributed by atoms with E-state index < -0.39 is 0 Å². The highest BCUT2D eigenvalue weighted by atomic mass is 16.5. The van der Waals surface area contributed by atoms with Crippen molar-refractivity contribution in [1.29, 1.82) is 0 Å². The van der Waals surface area contributed by atoms with Gasteiger partial charge >= 0.3 is 0 Å². The first kappa shape index (κ1) is 15.2. The van der Waals surface area contributed by atoms with Crippen LogP contribution in [0.4, 0.5) is 0 Å². The Balaban J connectivity index is 1.70. The van der Waals surface area contributed by atoms with E-state index in [1.165, 1.54) is 25.8 Å². The van der Waals surface area contributed by atoms with Gasteiger partial charge in [-0.15, -0.1) is 0 Å². The lowest BCUT2D eigenvalue weighted by Gasteiger charge is -2.37. The van der Waals surface area contributed by atoms with E-state index in [4.69, 9.17) is 9.47 Å². The van der Waals surface area contributed by atoms with Crippen molar-refractivity contribution in [3.8, 4) is 0 Å². The van der Waals surface area contributed by atoms with Crippen molar-refractivity contribution in [1.82, 2.24) is 10.2 Å². The molecule has 19 heavy (non-hydrogen) atoms. The van der Waals surface area contributed by atoms with Crippen molar-refractivity contribution in [2.45, 2.75) is 51.4 Å². The van der Waals surface area contributed by atoms with Gasteiger partial charge in [-0.25, -0.2) is 0 Å². The first-order valence-electron chi connectivity index (χ1n) is 7.84. The standard InChI is InChI=1S/C15H30N2O2/c1-4-16-9-13-5-6-14(19-13)10-17-8-7-12(2)15(11-17)18-3/h12-16H,4-11H2,1-3H3. The van der Waals surface area contributed by atoms with Crippen LogP contribution in [0.1, 0.15) is 33.1 Å². The highest BCUT2D eigenvalue weighted by Crippen LogP contribution is 2.24. The number of likely N-dealkylation sites (tertiary alicyclic amines) is 1. The van der Waals surface area contributed by atoms with Crippen LogP contribution in [0.2, 0.25) is 0 Å². The van der Waals surface area contributed by atoms with Crippen molar-refractivity contribution >= 4 is 0 Å². The third-order valence-electron chi connectivity index (χ3n) is 4.56. The smallest absolute Gasteiger partial charge is 0.0724 e. The van der Waals surface area contributed by atoms with Gasteiger partial charge in [-0.05, 0) is 38.3 Å². The molecule has 0 aliphatic carbocycles. The number of methoxy groups -OCH3 is 1. The van der Waals surface area contributed by atoms with E-state index in [-0.39, 0.29) is 0 Å². The zero-order valence-corrected chi connectivity index (χ0v) is 12.7. The SMILES string of the molecule is CCNCC1CCC(CN2CCC(C)C(OC)C2)O1. The van der Waals surface area contributed by atoms with Gasteiger partial charge in [0.2, 0.25) is 0 Å². The number of rotatable bonds is 6. The molecular weight excluding hydrogens is 240 g/mol. The molecular formula is C15H30N2O2. The number of piperidine rings is 1. The Kier molecular flexibility index (Phi) is 6.07. The van der Waals surface area contributed by atoms with E-state index in [9.17, 15) is 0 Å². The van der Waals surface area contributed by atoms with Gasteiger partial charge in [0.25, 0.3) is 0 Å². The highest BCUT2D eigenvalue weighted by Gasteiger charge is 2.30. The Morgan fingerprint density at radius 2 is 2.05 bits per heavy atom. The average molecular weight is 270 g/mol. The van der Waals surface area contributed by atoms with Crippen LogP contribution >= 0.6 is 0 Å². The Hall–Kier alpha value is -0.160. The predicted octanol–water partition coefficient (Wildman–Crippen LogP) is 1.50. The van der Waals surface area contributed by atoms with E-state index in [0.717, 1.165) is 26.2 Å².